The molecular weight excluding hydrogens is 260 g/mol. The van der Waals surface area contributed by atoms with Crippen molar-refractivity contribution < 1.29 is 14.7 Å². The van der Waals surface area contributed by atoms with Gasteiger partial charge in [-0.05, 0) is 23.8 Å². The first-order valence-electron chi connectivity index (χ1n) is 5.81. The summed E-state index contributed by atoms with van der Waals surface area (Å²) in [6, 6.07) is 7.93. The van der Waals surface area contributed by atoms with Crippen LogP contribution in [-0.4, -0.2) is 22.0 Å². The summed E-state index contributed by atoms with van der Waals surface area (Å²) in [5, 5.41) is 11.5. The molecular formula is C14H12N2O4. The van der Waals surface area contributed by atoms with Crippen LogP contribution < -0.4 is 10.9 Å². The number of amides is 1. The highest BCUT2D eigenvalue weighted by Crippen LogP contribution is 2.20. The zero-order valence-electron chi connectivity index (χ0n) is 10.6. The molecule has 6 nitrogen and oxygen atoms in total. The Kier molecular flexibility index (Phi) is 3.65. The van der Waals surface area contributed by atoms with Crippen molar-refractivity contribution in [2.75, 3.05) is 5.32 Å². The van der Waals surface area contributed by atoms with Crippen LogP contribution in [0.1, 0.15) is 17.3 Å². The van der Waals surface area contributed by atoms with Gasteiger partial charge in [-0.2, -0.15) is 0 Å². The van der Waals surface area contributed by atoms with Crippen LogP contribution >= 0.6 is 0 Å². The number of hydrogen-bond acceptors (Lipinski definition) is 3. The van der Waals surface area contributed by atoms with Gasteiger partial charge in [-0.1, -0.05) is 12.1 Å². The van der Waals surface area contributed by atoms with Crippen molar-refractivity contribution in [3.8, 4) is 11.1 Å². The first-order valence-corrected chi connectivity index (χ1v) is 5.81. The molecule has 0 spiro atoms. The van der Waals surface area contributed by atoms with Crippen LogP contribution in [0.2, 0.25) is 0 Å². The lowest BCUT2D eigenvalue weighted by Gasteiger charge is -2.06. The number of aromatic carboxylic acids is 1. The summed E-state index contributed by atoms with van der Waals surface area (Å²) < 4.78 is 0. The standard InChI is InChI=1S/C14H12N2O4/c1-8(17)16-11-4-2-3-9(5-11)12-6-10(14(19)20)7-15-13(12)18/h2-7H,1H3,(H,15,18)(H,16,17)(H,19,20). The van der Waals surface area contributed by atoms with Gasteiger partial charge in [0.25, 0.3) is 5.56 Å². The van der Waals surface area contributed by atoms with Crippen molar-refractivity contribution in [3.05, 3.63) is 52.4 Å². The molecule has 1 aromatic carbocycles. The second kappa shape index (κ2) is 5.40. The highest BCUT2D eigenvalue weighted by molar-refractivity contribution is 5.90. The minimum atomic E-state index is -1.12. The summed E-state index contributed by atoms with van der Waals surface area (Å²) in [5.41, 5.74) is 0.896. The smallest absolute Gasteiger partial charge is 0.337 e. The molecule has 0 bridgehead atoms. The number of H-pyrrole nitrogens is 1. The maximum absolute atomic E-state index is 11.8. The van der Waals surface area contributed by atoms with Crippen LogP contribution in [0.3, 0.4) is 0 Å². The maximum atomic E-state index is 11.8. The molecule has 0 unspecified atom stereocenters. The molecule has 0 aliphatic carbocycles. The number of aromatic nitrogens is 1. The van der Waals surface area contributed by atoms with Crippen molar-refractivity contribution >= 4 is 17.6 Å². The fraction of sp³-hybridized carbons (Fsp3) is 0.0714. The molecule has 1 heterocycles. The lowest BCUT2D eigenvalue weighted by molar-refractivity contribution is -0.114. The summed E-state index contributed by atoms with van der Waals surface area (Å²) in [6.07, 6.45) is 1.14. The summed E-state index contributed by atoms with van der Waals surface area (Å²) >= 11 is 0. The number of carbonyl (C=O) groups is 2. The summed E-state index contributed by atoms with van der Waals surface area (Å²) in [4.78, 5) is 36.1. The van der Waals surface area contributed by atoms with E-state index in [1.807, 2.05) is 0 Å². The topological polar surface area (TPSA) is 99.3 Å². The quantitative estimate of drug-likeness (QED) is 0.791. The zero-order valence-corrected chi connectivity index (χ0v) is 10.6. The number of anilines is 1. The SMILES string of the molecule is CC(=O)Nc1cccc(-c2cc(C(=O)O)c[nH]c2=O)c1. The minimum Gasteiger partial charge on any atom is -0.478 e. The maximum Gasteiger partial charge on any atom is 0.337 e. The Morgan fingerprint density at radius 1 is 1.25 bits per heavy atom. The molecule has 1 aromatic heterocycles. The first kappa shape index (κ1) is 13.5. The van der Waals surface area contributed by atoms with Crippen molar-refractivity contribution in [2.45, 2.75) is 6.92 Å². The van der Waals surface area contributed by atoms with Gasteiger partial charge in [0.1, 0.15) is 0 Å². The number of rotatable bonds is 3. The van der Waals surface area contributed by atoms with Crippen molar-refractivity contribution in [3.63, 3.8) is 0 Å². The lowest BCUT2D eigenvalue weighted by atomic mass is 10.0. The number of benzene rings is 1. The molecule has 2 rings (SSSR count). The normalized spacial score (nSPS) is 10.1. The molecule has 0 radical (unpaired) electrons. The van der Waals surface area contributed by atoms with Gasteiger partial charge in [0.15, 0.2) is 0 Å². The van der Waals surface area contributed by atoms with E-state index >= 15 is 0 Å². The van der Waals surface area contributed by atoms with Gasteiger partial charge in [-0.3, -0.25) is 9.59 Å². The lowest BCUT2D eigenvalue weighted by Crippen LogP contribution is -2.11. The highest BCUT2D eigenvalue weighted by Gasteiger charge is 2.09. The van der Waals surface area contributed by atoms with E-state index in [1.165, 1.54) is 13.0 Å². The monoisotopic (exact) mass is 272 g/mol. The third-order valence-electron chi connectivity index (χ3n) is 2.64. The third kappa shape index (κ3) is 2.92. The summed E-state index contributed by atoms with van der Waals surface area (Å²) in [6.45, 7) is 1.38. The second-order valence-corrected chi connectivity index (χ2v) is 4.20. The Bertz CT molecular complexity index is 734. The largest absolute Gasteiger partial charge is 0.478 e. The van der Waals surface area contributed by atoms with E-state index in [0.29, 0.717) is 11.3 Å². The number of pyridine rings is 1. The van der Waals surface area contributed by atoms with Crippen LogP contribution in [0, 0.1) is 0 Å². The Hall–Kier alpha value is -2.89. The van der Waals surface area contributed by atoms with Crippen molar-refractivity contribution in [1.82, 2.24) is 4.98 Å². The van der Waals surface area contributed by atoms with Gasteiger partial charge >= 0.3 is 5.97 Å². The van der Waals surface area contributed by atoms with E-state index in [-0.39, 0.29) is 17.0 Å². The molecule has 102 valence electrons. The molecule has 2 aromatic rings. The Balaban J connectivity index is 2.50. The molecule has 0 aliphatic rings. The van der Waals surface area contributed by atoms with E-state index in [0.717, 1.165) is 6.20 Å². The van der Waals surface area contributed by atoms with E-state index in [2.05, 4.69) is 10.3 Å². The van der Waals surface area contributed by atoms with E-state index in [9.17, 15) is 14.4 Å². The highest BCUT2D eigenvalue weighted by atomic mass is 16.4. The van der Waals surface area contributed by atoms with Gasteiger partial charge in [0.05, 0.1) is 5.56 Å². The number of carboxylic acids is 1. The Morgan fingerprint density at radius 2 is 2.00 bits per heavy atom. The third-order valence-corrected chi connectivity index (χ3v) is 2.64. The number of nitrogens with one attached hydrogen (secondary N) is 2. The van der Waals surface area contributed by atoms with Crippen LogP contribution in [0.4, 0.5) is 5.69 Å². The second-order valence-electron chi connectivity index (χ2n) is 4.20. The van der Waals surface area contributed by atoms with Gasteiger partial charge in [-0.25, -0.2) is 4.79 Å². The summed E-state index contributed by atoms with van der Waals surface area (Å²) in [5.74, 6) is -1.35. The van der Waals surface area contributed by atoms with Gasteiger partial charge in [0, 0.05) is 24.4 Å². The minimum absolute atomic E-state index is 0.00969. The molecule has 6 heteroatoms. The molecule has 0 fully saturated rings. The first-order chi connectivity index (χ1) is 9.47. The molecule has 0 atom stereocenters. The van der Waals surface area contributed by atoms with E-state index in [4.69, 9.17) is 5.11 Å². The van der Waals surface area contributed by atoms with Gasteiger partial charge in [-0.15, -0.1) is 0 Å². The molecule has 0 saturated carbocycles. The Labute approximate surface area is 114 Å². The van der Waals surface area contributed by atoms with Gasteiger partial charge < -0.3 is 15.4 Å². The van der Waals surface area contributed by atoms with Gasteiger partial charge in [0.2, 0.25) is 5.91 Å². The predicted octanol–water partition coefficient (Wildman–Crippen LogP) is 1.70. The summed E-state index contributed by atoms with van der Waals surface area (Å²) in [7, 11) is 0. The van der Waals surface area contributed by atoms with Crippen LogP contribution in [0.5, 0.6) is 0 Å². The Morgan fingerprint density at radius 3 is 2.65 bits per heavy atom. The average Bonchev–Trinajstić information content (AvgIpc) is 2.38. The number of aromatic amines is 1. The number of hydrogen-bond donors (Lipinski definition) is 3. The molecule has 20 heavy (non-hydrogen) atoms. The molecule has 0 aliphatic heterocycles. The van der Waals surface area contributed by atoms with Crippen LogP contribution in [0.25, 0.3) is 11.1 Å². The van der Waals surface area contributed by atoms with E-state index in [1.54, 1.807) is 24.3 Å². The van der Waals surface area contributed by atoms with Crippen molar-refractivity contribution in [2.24, 2.45) is 0 Å². The number of carbonyl (C=O) groups excluding carboxylic acids is 1. The number of carboxylic acid groups (broad SMARTS) is 1. The molecule has 0 saturated heterocycles. The molecule has 1 amide bonds. The van der Waals surface area contributed by atoms with Crippen LogP contribution in [0.15, 0.2) is 41.3 Å². The fourth-order valence-corrected chi connectivity index (χ4v) is 1.79. The average molecular weight is 272 g/mol. The van der Waals surface area contributed by atoms with Crippen molar-refractivity contribution in [1.29, 1.82) is 0 Å². The zero-order chi connectivity index (χ0) is 14.7. The predicted molar refractivity (Wildman–Crippen MR) is 73.8 cm³/mol. The molecule has 3 N–H and O–H groups in total. The fourth-order valence-electron chi connectivity index (χ4n) is 1.79. The van der Waals surface area contributed by atoms with E-state index < -0.39 is 11.5 Å². The van der Waals surface area contributed by atoms with Crippen LogP contribution in [-0.2, 0) is 4.79 Å².